The minimum absolute atomic E-state index is 0.0843. The molecule has 20 heavy (non-hydrogen) atoms. The highest BCUT2D eigenvalue weighted by Gasteiger charge is 2.00. The number of benzene rings is 2. The highest BCUT2D eigenvalue weighted by molar-refractivity contribution is 5.80. The Morgan fingerprint density at radius 3 is 2.65 bits per heavy atom. The van der Waals surface area contributed by atoms with Crippen LogP contribution in [-0.4, -0.2) is 9.67 Å². The van der Waals surface area contributed by atoms with Crippen LogP contribution in [-0.2, 0) is 13.2 Å². The maximum Gasteiger partial charge on any atom is 0.0682 e. The summed E-state index contributed by atoms with van der Waals surface area (Å²) in [6, 6.07) is 18.5. The number of hydrogen-bond acceptors (Lipinski definition) is 1. The average Bonchev–Trinajstić information content (AvgIpc) is 2.91. The fourth-order valence-electron chi connectivity index (χ4n) is 2.35. The van der Waals surface area contributed by atoms with E-state index in [1.807, 2.05) is 30.3 Å². The van der Waals surface area contributed by atoms with Crippen LogP contribution >= 0.6 is 0 Å². The zero-order valence-electron chi connectivity index (χ0n) is 11.2. The first-order valence-electron chi connectivity index (χ1n) is 6.77. The molecule has 0 radical (unpaired) electrons. The lowest BCUT2D eigenvalue weighted by Gasteiger charge is -2.03. The smallest absolute Gasteiger partial charge is 0.0682 e. The number of aromatic nitrogens is 1. The molecule has 0 spiro atoms. The van der Waals surface area contributed by atoms with Gasteiger partial charge in [0.2, 0.25) is 0 Å². The van der Waals surface area contributed by atoms with Crippen LogP contribution in [0.2, 0.25) is 0 Å². The molecule has 2 aromatic carbocycles. The minimum atomic E-state index is 0.0843. The van der Waals surface area contributed by atoms with Crippen LogP contribution in [0, 0.1) is 0 Å². The van der Waals surface area contributed by atoms with Crippen LogP contribution in [0.3, 0.4) is 0 Å². The second-order valence-electron chi connectivity index (χ2n) is 4.83. The molecule has 0 saturated carbocycles. The molecule has 0 atom stereocenters. The molecule has 0 saturated heterocycles. The lowest BCUT2D eigenvalue weighted by Crippen LogP contribution is -1.93. The van der Waals surface area contributed by atoms with E-state index < -0.39 is 0 Å². The summed E-state index contributed by atoms with van der Waals surface area (Å²) in [6.45, 7) is 0.911. The normalized spacial score (nSPS) is 11.4. The van der Waals surface area contributed by atoms with E-state index in [4.69, 9.17) is 0 Å². The molecule has 0 amide bonds. The Hall–Kier alpha value is -2.32. The van der Waals surface area contributed by atoms with E-state index in [1.54, 1.807) is 0 Å². The molecule has 3 rings (SSSR count). The molecule has 2 nitrogen and oxygen atoms in total. The van der Waals surface area contributed by atoms with Crippen molar-refractivity contribution in [3.05, 3.63) is 78.0 Å². The van der Waals surface area contributed by atoms with Crippen molar-refractivity contribution in [1.29, 1.82) is 0 Å². The average molecular weight is 263 g/mol. The van der Waals surface area contributed by atoms with Gasteiger partial charge in [-0.15, -0.1) is 0 Å². The second-order valence-corrected chi connectivity index (χ2v) is 4.83. The Bertz CT molecular complexity index is 726. The largest absolute Gasteiger partial charge is 0.392 e. The molecule has 1 heterocycles. The van der Waals surface area contributed by atoms with E-state index in [0.29, 0.717) is 0 Å². The Labute approximate surface area is 118 Å². The first-order valence-corrected chi connectivity index (χ1v) is 6.77. The molecule has 1 aromatic heterocycles. The fraction of sp³-hybridized carbons (Fsp3) is 0.111. The van der Waals surface area contributed by atoms with Crippen LogP contribution in [0.15, 0.2) is 66.9 Å². The van der Waals surface area contributed by atoms with Crippen LogP contribution in [0.5, 0.6) is 0 Å². The van der Waals surface area contributed by atoms with Crippen molar-refractivity contribution in [3.8, 4) is 0 Å². The maximum atomic E-state index is 9.23. The van der Waals surface area contributed by atoms with Gasteiger partial charge in [-0.1, -0.05) is 54.6 Å². The van der Waals surface area contributed by atoms with Crippen molar-refractivity contribution in [3.63, 3.8) is 0 Å². The van der Waals surface area contributed by atoms with Gasteiger partial charge in [0, 0.05) is 18.3 Å². The molecule has 0 aliphatic carbocycles. The van der Waals surface area contributed by atoms with Crippen molar-refractivity contribution in [2.24, 2.45) is 0 Å². The Morgan fingerprint density at radius 1 is 1.00 bits per heavy atom. The lowest BCUT2D eigenvalue weighted by molar-refractivity contribution is 0.282. The van der Waals surface area contributed by atoms with E-state index in [2.05, 4.69) is 47.2 Å². The summed E-state index contributed by atoms with van der Waals surface area (Å²) in [4.78, 5) is 0. The van der Waals surface area contributed by atoms with Gasteiger partial charge in [-0.2, -0.15) is 0 Å². The molecule has 1 N–H and O–H groups in total. The number of fused-ring (bicyclic) bond motifs is 1. The van der Waals surface area contributed by atoms with E-state index in [1.165, 1.54) is 10.9 Å². The first-order chi connectivity index (χ1) is 9.86. The van der Waals surface area contributed by atoms with Gasteiger partial charge in [0.05, 0.1) is 6.61 Å². The summed E-state index contributed by atoms with van der Waals surface area (Å²) < 4.78 is 2.19. The maximum absolute atomic E-state index is 9.23. The zero-order valence-corrected chi connectivity index (χ0v) is 11.2. The zero-order chi connectivity index (χ0) is 13.8. The summed E-state index contributed by atoms with van der Waals surface area (Å²) >= 11 is 0. The third kappa shape index (κ3) is 2.65. The Balaban J connectivity index is 1.82. The molecule has 0 unspecified atom stereocenters. The van der Waals surface area contributed by atoms with Crippen molar-refractivity contribution in [2.75, 3.05) is 0 Å². The molecule has 0 fully saturated rings. The van der Waals surface area contributed by atoms with Crippen molar-refractivity contribution in [1.82, 2.24) is 4.57 Å². The van der Waals surface area contributed by atoms with Gasteiger partial charge in [-0.05, 0) is 28.6 Å². The van der Waals surface area contributed by atoms with E-state index >= 15 is 0 Å². The van der Waals surface area contributed by atoms with Gasteiger partial charge < -0.3 is 9.67 Å². The third-order valence-corrected chi connectivity index (χ3v) is 3.43. The summed E-state index contributed by atoms with van der Waals surface area (Å²) in [6.07, 6.45) is 6.36. The predicted molar refractivity (Wildman–Crippen MR) is 83.3 cm³/mol. The Kier molecular flexibility index (Phi) is 3.66. The van der Waals surface area contributed by atoms with Crippen molar-refractivity contribution >= 4 is 17.0 Å². The summed E-state index contributed by atoms with van der Waals surface area (Å²) in [5.41, 5.74) is 3.32. The predicted octanol–water partition coefficient (Wildman–Crippen LogP) is 3.85. The molecule has 2 heteroatoms. The summed E-state index contributed by atoms with van der Waals surface area (Å²) in [5.74, 6) is 0. The Morgan fingerprint density at radius 2 is 1.85 bits per heavy atom. The monoisotopic (exact) mass is 263 g/mol. The molecule has 0 aliphatic rings. The number of aliphatic hydroxyl groups is 1. The summed E-state index contributed by atoms with van der Waals surface area (Å²) in [7, 11) is 0. The van der Waals surface area contributed by atoms with Crippen LogP contribution < -0.4 is 0 Å². The van der Waals surface area contributed by atoms with Gasteiger partial charge in [0.1, 0.15) is 0 Å². The van der Waals surface area contributed by atoms with Crippen molar-refractivity contribution in [2.45, 2.75) is 13.2 Å². The third-order valence-electron chi connectivity index (χ3n) is 3.43. The fourth-order valence-corrected chi connectivity index (χ4v) is 2.35. The van der Waals surface area contributed by atoms with E-state index in [-0.39, 0.29) is 6.61 Å². The highest BCUT2D eigenvalue weighted by Crippen LogP contribution is 2.18. The van der Waals surface area contributed by atoms with Crippen LogP contribution in [0.4, 0.5) is 0 Å². The standard InChI is InChI=1S/C18H17NO/c20-14-16-8-9-17-10-12-19(18(17)13-16)11-4-7-15-5-2-1-3-6-15/h1-10,12-13,20H,11,14H2/b7-4+. The topological polar surface area (TPSA) is 25.2 Å². The SMILES string of the molecule is OCc1ccc2ccn(C/C=C/c3ccccc3)c2c1. The van der Waals surface area contributed by atoms with Gasteiger partial charge in [-0.3, -0.25) is 0 Å². The molecular formula is C18H17NO. The number of hydrogen-bond donors (Lipinski definition) is 1. The van der Waals surface area contributed by atoms with E-state index in [9.17, 15) is 5.11 Å². The van der Waals surface area contributed by atoms with Crippen molar-refractivity contribution < 1.29 is 5.11 Å². The molecule has 3 aromatic rings. The van der Waals surface area contributed by atoms with Gasteiger partial charge in [0.15, 0.2) is 0 Å². The second kappa shape index (κ2) is 5.76. The number of allylic oxidation sites excluding steroid dienone is 1. The highest BCUT2D eigenvalue weighted by atomic mass is 16.3. The molecule has 0 aliphatic heterocycles. The minimum Gasteiger partial charge on any atom is -0.392 e. The molecular weight excluding hydrogens is 246 g/mol. The first kappa shape index (κ1) is 12.7. The van der Waals surface area contributed by atoms with E-state index in [0.717, 1.165) is 17.6 Å². The number of rotatable bonds is 4. The van der Waals surface area contributed by atoms with Crippen LogP contribution in [0.1, 0.15) is 11.1 Å². The van der Waals surface area contributed by atoms with Gasteiger partial charge in [-0.25, -0.2) is 0 Å². The lowest BCUT2D eigenvalue weighted by atomic mass is 10.2. The molecule has 0 bridgehead atoms. The molecule has 100 valence electrons. The number of nitrogens with zero attached hydrogens (tertiary/aromatic N) is 1. The summed E-state index contributed by atoms with van der Waals surface area (Å²) in [5, 5.41) is 10.4. The van der Waals surface area contributed by atoms with Crippen LogP contribution in [0.25, 0.3) is 17.0 Å². The number of aliphatic hydroxyl groups excluding tert-OH is 1. The quantitative estimate of drug-likeness (QED) is 0.760. The van der Waals surface area contributed by atoms with Gasteiger partial charge >= 0.3 is 0 Å². The van der Waals surface area contributed by atoms with Gasteiger partial charge in [0.25, 0.3) is 0 Å².